The monoisotopic (exact) mass is 361 g/mol. The summed E-state index contributed by atoms with van der Waals surface area (Å²) in [5.74, 6) is -1.44. The van der Waals surface area contributed by atoms with Crippen LogP contribution in [0.3, 0.4) is 0 Å². The lowest BCUT2D eigenvalue weighted by atomic mass is 10.2. The highest BCUT2D eigenvalue weighted by Gasteiger charge is 2.22. The van der Waals surface area contributed by atoms with Crippen LogP contribution in [0.25, 0.3) is 0 Å². The molecule has 0 aliphatic rings. The number of halogens is 1. The van der Waals surface area contributed by atoms with Crippen LogP contribution in [0.4, 0.5) is 4.39 Å². The summed E-state index contributed by atoms with van der Waals surface area (Å²) in [5.41, 5.74) is 0.994. The van der Waals surface area contributed by atoms with Crippen molar-refractivity contribution in [2.75, 3.05) is 6.54 Å². The summed E-state index contributed by atoms with van der Waals surface area (Å²) < 4.78 is 23.7. The number of hydrogen-bond acceptors (Lipinski definition) is 4. The van der Waals surface area contributed by atoms with Crippen LogP contribution < -0.4 is 14.8 Å². The van der Waals surface area contributed by atoms with Crippen molar-refractivity contribution in [1.82, 2.24) is 5.32 Å². The molecule has 138 valence electrons. The molecule has 2 rings (SSSR count). The molecule has 0 aliphatic heterocycles. The first kappa shape index (κ1) is 19.2. The Kier molecular flexibility index (Phi) is 6.54. The van der Waals surface area contributed by atoms with Gasteiger partial charge in [-0.3, -0.25) is 4.79 Å². The molecule has 0 bridgehead atoms. The highest BCUT2D eigenvalue weighted by Crippen LogP contribution is 2.15. The molecular weight excluding hydrogens is 341 g/mol. The van der Waals surface area contributed by atoms with Crippen LogP contribution in [-0.4, -0.2) is 35.7 Å². The Morgan fingerprint density at radius 2 is 1.81 bits per heavy atom. The van der Waals surface area contributed by atoms with Crippen molar-refractivity contribution in [2.24, 2.45) is 0 Å². The molecule has 0 aromatic heterocycles. The predicted octanol–water partition coefficient (Wildman–Crippen LogP) is 2.55. The van der Waals surface area contributed by atoms with Crippen molar-refractivity contribution < 1.29 is 28.6 Å². The summed E-state index contributed by atoms with van der Waals surface area (Å²) in [5, 5.41) is 11.7. The van der Waals surface area contributed by atoms with Gasteiger partial charge in [0.15, 0.2) is 6.10 Å². The van der Waals surface area contributed by atoms with Crippen LogP contribution in [0.5, 0.6) is 11.5 Å². The highest BCUT2D eigenvalue weighted by atomic mass is 19.1. The summed E-state index contributed by atoms with van der Waals surface area (Å²) in [6, 6.07) is 12.2. The van der Waals surface area contributed by atoms with Gasteiger partial charge in [-0.1, -0.05) is 12.1 Å². The third-order valence-corrected chi connectivity index (χ3v) is 3.50. The number of carbonyl (C=O) groups excluding carboxylic acids is 1. The lowest BCUT2D eigenvalue weighted by Crippen LogP contribution is -2.44. The molecule has 2 aromatic rings. The van der Waals surface area contributed by atoms with Crippen LogP contribution in [0.15, 0.2) is 48.5 Å². The number of aryl methyl sites for hydroxylation is 1. The minimum absolute atomic E-state index is 0.192. The number of carbonyl (C=O) groups is 2. The molecule has 2 N–H and O–H groups in total. The summed E-state index contributed by atoms with van der Waals surface area (Å²) >= 11 is 0. The Bertz CT molecular complexity index is 763. The first-order valence-electron chi connectivity index (χ1n) is 8.01. The average Bonchev–Trinajstić information content (AvgIpc) is 2.59. The largest absolute Gasteiger partial charge is 0.481 e. The van der Waals surface area contributed by atoms with E-state index in [-0.39, 0.29) is 12.3 Å². The number of carboxylic acid groups (broad SMARTS) is 1. The van der Waals surface area contributed by atoms with E-state index in [0.29, 0.717) is 5.75 Å². The molecule has 0 radical (unpaired) electrons. The van der Waals surface area contributed by atoms with Crippen LogP contribution in [0.2, 0.25) is 0 Å². The Morgan fingerprint density at radius 3 is 2.42 bits per heavy atom. The third kappa shape index (κ3) is 5.77. The molecule has 7 heteroatoms. The number of amides is 1. The minimum Gasteiger partial charge on any atom is -0.481 e. The maximum Gasteiger partial charge on any atom is 0.346 e. The molecule has 6 nitrogen and oxygen atoms in total. The molecule has 0 saturated heterocycles. The smallest absolute Gasteiger partial charge is 0.346 e. The fourth-order valence-corrected chi connectivity index (χ4v) is 2.14. The first-order chi connectivity index (χ1) is 12.3. The second-order valence-electron chi connectivity index (χ2n) is 5.72. The van der Waals surface area contributed by atoms with E-state index in [4.69, 9.17) is 9.47 Å². The molecule has 1 amide bonds. The van der Waals surface area contributed by atoms with Gasteiger partial charge in [0.25, 0.3) is 5.91 Å². The number of benzene rings is 2. The van der Waals surface area contributed by atoms with Gasteiger partial charge in [-0.05, 0) is 55.8 Å². The van der Waals surface area contributed by atoms with Crippen LogP contribution in [0.1, 0.15) is 12.5 Å². The summed E-state index contributed by atoms with van der Waals surface area (Å²) in [6.07, 6.45) is -2.12. The third-order valence-electron chi connectivity index (χ3n) is 3.50. The van der Waals surface area contributed by atoms with E-state index in [1.807, 2.05) is 19.1 Å². The number of rotatable bonds is 8. The van der Waals surface area contributed by atoms with Crippen molar-refractivity contribution in [2.45, 2.75) is 26.1 Å². The van der Waals surface area contributed by atoms with Gasteiger partial charge in [0.2, 0.25) is 6.10 Å². The number of ether oxygens (including phenoxy) is 2. The molecule has 2 atom stereocenters. The van der Waals surface area contributed by atoms with Crippen LogP contribution >= 0.6 is 0 Å². The van der Waals surface area contributed by atoms with Gasteiger partial charge < -0.3 is 19.9 Å². The maximum absolute atomic E-state index is 12.9. The molecule has 2 unspecified atom stereocenters. The number of nitrogens with one attached hydrogen (secondary N) is 1. The quantitative estimate of drug-likeness (QED) is 0.755. The van der Waals surface area contributed by atoms with Gasteiger partial charge in [0.05, 0.1) is 6.54 Å². The molecule has 0 saturated carbocycles. The number of aliphatic carboxylic acids is 1. The molecule has 0 heterocycles. The maximum atomic E-state index is 12.9. The zero-order valence-corrected chi connectivity index (χ0v) is 14.4. The van der Waals surface area contributed by atoms with E-state index in [1.54, 1.807) is 19.1 Å². The fraction of sp³-hybridized carbons (Fsp3) is 0.263. The Hall–Kier alpha value is -3.09. The van der Waals surface area contributed by atoms with Gasteiger partial charge in [0, 0.05) is 0 Å². The van der Waals surface area contributed by atoms with Crippen molar-refractivity contribution in [1.29, 1.82) is 0 Å². The van der Waals surface area contributed by atoms with E-state index >= 15 is 0 Å². The lowest BCUT2D eigenvalue weighted by molar-refractivity contribution is -0.145. The van der Waals surface area contributed by atoms with E-state index in [9.17, 15) is 19.1 Å². The van der Waals surface area contributed by atoms with Crippen molar-refractivity contribution in [3.8, 4) is 11.5 Å². The van der Waals surface area contributed by atoms with Gasteiger partial charge in [-0.2, -0.15) is 0 Å². The zero-order valence-electron chi connectivity index (χ0n) is 14.4. The van der Waals surface area contributed by atoms with E-state index in [2.05, 4.69) is 5.32 Å². The Balaban J connectivity index is 1.89. The Morgan fingerprint density at radius 1 is 1.12 bits per heavy atom. The summed E-state index contributed by atoms with van der Waals surface area (Å²) in [6.45, 7) is 3.21. The minimum atomic E-state index is -1.31. The summed E-state index contributed by atoms with van der Waals surface area (Å²) in [7, 11) is 0. The van der Waals surface area contributed by atoms with E-state index in [0.717, 1.165) is 17.7 Å². The molecule has 0 spiro atoms. The topological polar surface area (TPSA) is 84.9 Å². The Labute approximate surface area is 150 Å². The van der Waals surface area contributed by atoms with Gasteiger partial charge in [-0.25, -0.2) is 9.18 Å². The molecule has 2 aromatic carbocycles. The van der Waals surface area contributed by atoms with E-state index in [1.165, 1.54) is 12.1 Å². The van der Waals surface area contributed by atoms with Crippen LogP contribution in [0, 0.1) is 12.7 Å². The standard InChI is InChI=1S/C19H20FNO5/c1-12-4-3-5-16(10-12)25-13(2)18(22)21-11-17(19(23)24)26-15-8-6-14(20)7-9-15/h3-10,13,17H,11H2,1-2H3,(H,21,22)(H,23,24). The summed E-state index contributed by atoms with van der Waals surface area (Å²) in [4.78, 5) is 23.4. The fourth-order valence-electron chi connectivity index (χ4n) is 2.14. The lowest BCUT2D eigenvalue weighted by Gasteiger charge is -2.18. The van der Waals surface area contributed by atoms with Crippen molar-refractivity contribution in [3.63, 3.8) is 0 Å². The van der Waals surface area contributed by atoms with Gasteiger partial charge in [-0.15, -0.1) is 0 Å². The molecule has 0 aliphatic carbocycles. The molecular formula is C19H20FNO5. The van der Waals surface area contributed by atoms with Gasteiger partial charge >= 0.3 is 5.97 Å². The highest BCUT2D eigenvalue weighted by molar-refractivity contribution is 5.82. The number of carboxylic acids is 1. The SMILES string of the molecule is Cc1cccc(OC(C)C(=O)NCC(Oc2ccc(F)cc2)C(=O)O)c1. The van der Waals surface area contributed by atoms with Gasteiger partial charge in [0.1, 0.15) is 17.3 Å². The second kappa shape index (κ2) is 8.84. The van der Waals surface area contributed by atoms with Crippen LogP contribution in [-0.2, 0) is 9.59 Å². The molecule has 0 fully saturated rings. The molecule has 26 heavy (non-hydrogen) atoms. The number of hydrogen-bond donors (Lipinski definition) is 2. The first-order valence-corrected chi connectivity index (χ1v) is 8.01. The average molecular weight is 361 g/mol. The van der Waals surface area contributed by atoms with E-state index < -0.39 is 29.9 Å². The predicted molar refractivity (Wildman–Crippen MR) is 92.7 cm³/mol. The van der Waals surface area contributed by atoms with Crippen molar-refractivity contribution >= 4 is 11.9 Å². The second-order valence-corrected chi connectivity index (χ2v) is 5.72. The normalized spacial score (nSPS) is 12.7. The van der Waals surface area contributed by atoms with Crippen molar-refractivity contribution in [3.05, 3.63) is 59.9 Å². The zero-order chi connectivity index (χ0) is 19.1.